The predicted molar refractivity (Wildman–Crippen MR) is 99.4 cm³/mol. The minimum atomic E-state index is -0.0112. The zero-order valence-electron chi connectivity index (χ0n) is 13.9. The molecule has 0 radical (unpaired) electrons. The molecule has 0 bridgehead atoms. The Morgan fingerprint density at radius 3 is 2.80 bits per heavy atom. The largest absolute Gasteiger partial charge is 0.459 e. The fraction of sp³-hybridized carbons (Fsp3) is 0.167. The van der Waals surface area contributed by atoms with Crippen molar-refractivity contribution >= 4 is 29.2 Å². The second kappa shape index (κ2) is 6.94. The van der Waals surface area contributed by atoms with E-state index in [2.05, 4.69) is 40.2 Å². The Morgan fingerprint density at radius 2 is 2.04 bits per heavy atom. The maximum absolute atomic E-state index is 6.01. The molecule has 4 aromatic rings. The topological polar surface area (TPSA) is 68.8 Å². The second-order valence-corrected chi connectivity index (χ2v) is 5.68. The Hall–Kier alpha value is -2.86. The lowest BCUT2D eigenvalue weighted by Crippen LogP contribution is -2.09. The third kappa shape index (κ3) is 3.21. The molecule has 25 heavy (non-hydrogen) atoms. The van der Waals surface area contributed by atoms with E-state index >= 15 is 0 Å². The number of halogens is 1. The predicted octanol–water partition coefficient (Wildman–Crippen LogP) is 4.31. The normalized spacial score (nSPS) is 11.9. The van der Waals surface area contributed by atoms with E-state index < -0.39 is 0 Å². The highest BCUT2D eigenvalue weighted by Gasteiger charge is 2.17. The minimum Gasteiger partial charge on any atom is -0.459 e. The zero-order chi connectivity index (χ0) is 16.5. The van der Waals surface area contributed by atoms with Crippen LogP contribution in [0.15, 0.2) is 59.8 Å². The number of aryl methyl sites for hydroxylation is 1. The van der Waals surface area contributed by atoms with Gasteiger partial charge in [-0.05, 0) is 19.9 Å². The van der Waals surface area contributed by atoms with Gasteiger partial charge in [0.05, 0.1) is 6.04 Å². The van der Waals surface area contributed by atoms with Gasteiger partial charge in [-0.1, -0.05) is 18.2 Å². The summed E-state index contributed by atoms with van der Waals surface area (Å²) >= 11 is 0. The smallest absolute Gasteiger partial charge is 0.143 e. The first kappa shape index (κ1) is 17.0. The lowest BCUT2D eigenvalue weighted by atomic mass is 10.1. The van der Waals surface area contributed by atoms with Gasteiger partial charge in [-0.3, -0.25) is 4.57 Å². The number of nitrogens with one attached hydrogen (secondary N) is 1. The van der Waals surface area contributed by atoms with E-state index in [0.717, 1.165) is 33.9 Å². The molecular weight excluding hydrogens is 338 g/mol. The van der Waals surface area contributed by atoms with Crippen LogP contribution < -0.4 is 5.32 Å². The third-order valence-electron chi connectivity index (χ3n) is 4.06. The molecule has 3 aromatic heterocycles. The Bertz CT molecular complexity index is 980. The lowest BCUT2D eigenvalue weighted by molar-refractivity contribution is 0.521. The molecule has 0 saturated carbocycles. The number of aromatic nitrogens is 4. The molecule has 1 unspecified atom stereocenters. The number of hydrogen-bond acceptors (Lipinski definition) is 5. The quantitative estimate of drug-likeness (QED) is 0.590. The van der Waals surface area contributed by atoms with Crippen LogP contribution in [0.2, 0.25) is 0 Å². The fourth-order valence-electron chi connectivity index (χ4n) is 2.86. The SMILES string of the molecule is Cc1c(C(C)Nc2cc(-n3ccnc3)ncn2)oc2ccccc12.Cl. The number of furan rings is 1. The number of anilines is 1. The summed E-state index contributed by atoms with van der Waals surface area (Å²) in [5.41, 5.74) is 2.05. The fourth-order valence-corrected chi connectivity index (χ4v) is 2.86. The van der Waals surface area contributed by atoms with Gasteiger partial charge in [0.2, 0.25) is 0 Å². The summed E-state index contributed by atoms with van der Waals surface area (Å²) in [5, 5.41) is 4.53. The number of rotatable bonds is 4. The molecule has 4 rings (SSSR count). The van der Waals surface area contributed by atoms with E-state index in [-0.39, 0.29) is 18.4 Å². The van der Waals surface area contributed by atoms with E-state index in [1.165, 1.54) is 6.33 Å². The third-order valence-corrected chi connectivity index (χ3v) is 4.06. The summed E-state index contributed by atoms with van der Waals surface area (Å²) in [4.78, 5) is 12.6. The summed E-state index contributed by atoms with van der Waals surface area (Å²) in [5.74, 6) is 2.42. The molecule has 0 amide bonds. The van der Waals surface area contributed by atoms with Gasteiger partial charge in [-0.2, -0.15) is 0 Å². The van der Waals surface area contributed by atoms with Gasteiger partial charge in [-0.15, -0.1) is 12.4 Å². The van der Waals surface area contributed by atoms with Crippen molar-refractivity contribution in [2.24, 2.45) is 0 Å². The number of nitrogens with zero attached hydrogens (tertiary/aromatic N) is 4. The minimum absolute atomic E-state index is 0. The molecule has 1 N–H and O–H groups in total. The van der Waals surface area contributed by atoms with Crippen LogP contribution in [0, 0.1) is 6.92 Å². The maximum atomic E-state index is 6.01. The summed E-state index contributed by atoms with van der Waals surface area (Å²) in [6.07, 6.45) is 6.81. The van der Waals surface area contributed by atoms with Gasteiger partial charge in [0.15, 0.2) is 0 Å². The number of hydrogen-bond donors (Lipinski definition) is 1. The first-order chi connectivity index (χ1) is 11.7. The number of imidazole rings is 1. The molecule has 0 fully saturated rings. The summed E-state index contributed by atoms with van der Waals surface area (Å²) < 4.78 is 7.85. The average molecular weight is 356 g/mol. The monoisotopic (exact) mass is 355 g/mol. The Morgan fingerprint density at radius 1 is 1.20 bits per heavy atom. The molecule has 6 nitrogen and oxygen atoms in total. The van der Waals surface area contributed by atoms with Gasteiger partial charge in [0.1, 0.15) is 35.6 Å². The molecule has 0 aliphatic carbocycles. The molecule has 0 saturated heterocycles. The zero-order valence-corrected chi connectivity index (χ0v) is 14.7. The van der Waals surface area contributed by atoms with Crippen LogP contribution in [0.3, 0.4) is 0 Å². The molecule has 1 atom stereocenters. The molecular formula is C18H18ClN5O. The average Bonchev–Trinajstić information content (AvgIpc) is 3.24. The Kier molecular flexibility index (Phi) is 4.72. The van der Waals surface area contributed by atoms with Crippen LogP contribution in [0.25, 0.3) is 16.8 Å². The van der Waals surface area contributed by atoms with Gasteiger partial charge >= 0.3 is 0 Å². The molecule has 128 valence electrons. The van der Waals surface area contributed by atoms with Crippen molar-refractivity contribution in [1.29, 1.82) is 0 Å². The van der Waals surface area contributed by atoms with Gasteiger partial charge in [-0.25, -0.2) is 15.0 Å². The van der Waals surface area contributed by atoms with E-state index in [1.807, 2.05) is 35.0 Å². The van der Waals surface area contributed by atoms with Crippen LogP contribution >= 0.6 is 12.4 Å². The van der Waals surface area contributed by atoms with Crippen molar-refractivity contribution in [1.82, 2.24) is 19.5 Å². The van der Waals surface area contributed by atoms with Gasteiger partial charge in [0, 0.05) is 29.4 Å². The van der Waals surface area contributed by atoms with Gasteiger partial charge < -0.3 is 9.73 Å². The molecule has 3 heterocycles. The molecule has 0 aliphatic rings. The first-order valence-corrected chi connectivity index (χ1v) is 7.77. The highest BCUT2D eigenvalue weighted by Crippen LogP contribution is 2.30. The number of benzene rings is 1. The van der Waals surface area contributed by atoms with Crippen molar-refractivity contribution < 1.29 is 4.42 Å². The van der Waals surface area contributed by atoms with Crippen LogP contribution in [0.5, 0.6) is 0 Å². The van der Waals surface area contributed by atoms with Crippen molar-refractivity contribution in [2.75, 3.05) is 5.32 Å². The molecule has 1 aromatic carbocycles. The highest BCUT2D eigenvalue weighted by atomic mass is 35.5. The summed E-state index contributed by atoms with van der Waals surface area (Å²) in [6, 6.07) is 9.94. The van der Waals surface area contributed by atoms with Gasteiger partial charge in [0.25, 0.3) is 0 Å². The highest BCUT2D eigenvalue weighted by molar-refractivity contribution is 5.85. The Labute approximate surface area is 151 Å². The number of para-hydroxylation sites is 1. The molecule has 7 heteroatoms. The van der Waals surface area contributed by atoms with Crippen molar-refractivity contribution in [3.05, 3.63) is 66.7 Å². The number of fused-ring (bicyclic) bond motifs is 1. The van der Waals surface area contributed by atoms with E-state index in [0.29, 0.717) is 0 Å². The second-order valence-electron chi connectivity index (χ2n) is 5.68. The van der Waals surface area contributed by atoms with Crippen LogP contribution in [-0.2, 0) is 0 Å². The summed E-state index contributed by atoms with van der Waals surface area (Å²) in [7, 11) is 0. The maximum Gasteiger partial charge on any atom is 0.143 e. The van der Waals surface area contributed by atoms with Crippen molar-refractivity contribution in [2.45, 2.75) is 19.9 Å². The summed E-state index contributed by atoms with van der Waals surface area (Å²) in [6.45, 7) is 4.14. The van der Waals surface area contributed by atoms with E-state index in [1.54, 1.807) is 12.5 Å². The van der Waals surface area contributed by atoms with Crippen LogP contribution in [0.4, 0.5) is 5.82 Å². The first-order valence-electron chi connectivity index (χ1n) is 7.77. The van der Waals surface area contributed by atoms with E-state index in [9.17, 15) is 0 Å². The van der Waals surface area contributed by atoms with Crippen LogP contribution in [0.1, 0.15) is 24.3 Å². The standard InChI is InChI=1S/C18H17N5O.ClH/c1-12-14-5-3-4-6-15(14)24-18(12)13(2)22-16-9-17(21-10-20-16)23-8-7-19-11-23;/h3-11,13H,1-2H3,(H,20,21,22);1H. The van der Waals surface area contributed by atoms with Crippen molar-refractivity contribution in [3.8, 4) is 5.82 Å². The van der Waals surface area contributed by atoms with E-state index in [4.69, 9.17) is 4.42 Å². The van der Waals surface area contributed by atoms with Crippen molar-refractivity contribution in [3.63, 3.8) is 0 Å². The molecule has 0 spiro atoms. The Balaban J connectivity index is 0.00000182. The molecule has 0 aliphatic heterocycles. The van der Waals surface area contributed by atoms with Crippen LogP contribution in [-0.4, -0.2) is 19.5 Å². The lowest BCUT2D eigenvalue weighted by Gasteiger charge is -2.13.